The highest BCUT2D eigenvalue weighted by atomic mass is 35.5. The molecule has 6 aromatic rings. The van der Waals surface area contributed by atoms with Crippen LogP contribution in [0.15, 0.2) is 91.4 Å². The first-order chi connectivity index (χ1) is 21.6. The Balaban J connectivity index is 1.10. The Bertz CT molecular complexity index is 1970. The molecule has 2 N–H and O–H groups in total. The Morgan fingerprint density at radius 3 is 2.43 bits per heavy atom. The summed E-state index contributed by atoms with van der Waals surface area (Å²) in [5, 5.41) is 0.236. The van der Waals surface area contributed by atoms with Gasteiger partial charge in [-0.25, -0.2) is 24.9 Å². The van der Waals surface area contributed by atoms with Gasteiger partial charge in [0.2, 0.25) is 11.2 Å². The largest absolute Gasteiger partial charge is 0.383 e. The van der Waals surface area contributed by atoms with Crippen LogP contribution in [-0.4, -0.2) is 64.5 Å². The van der Waals surface area contributed by atoms with E-state index in [1.54, 1.807) is 6.20 Å². The fourth-order valence-corrected chi connectivity index (χ4v) is 6.36. The van der Waals surface area contributed by atoms with Gasteiger partial charge in [-0.3, -0.25) is 9.47 Å². The standard InChI is InChI=1S/C33H29ClN10/c34-31-37-21-38-32(41-31)43-18-17-42(20-33(43)14-15-33)19-22-8-10-24(11-9-22)44-29(25-7-4-16-36-28(25)35)40-27-13-12-26(39-30(27)44)23-5-2-1-3-6-23/h1-13,16,21H,14-15,17-20H2,(H2,35,36). The number of nitrogens with zero attached hydrogens (tertiary/aromatic N) is 9. The maximum Gasteiger partial charge on any atom is 0.230 e. The van der Waals surface area contributed by atoms with E-state index >= 15 is 0 Å². The van der Waals surface area contributed by atoms with Crippen LogP contribution in [0.3, 0.4) is 0 Å². The van der Waals surface area contributed by atoms with Crippen molar-refractivity contribution in [3.8, 4) is 28.3 Å². The van der Waals surface area contributed by atoms with Crippen LogP contribution >= 0.6 is 11.6 Å². The minimum absolute atomic E-state index is 0.0687. The number of anilines is 2. The summed E-state index contributed by atoms with van der Waals surface area (Å²) in [6, 6.07) is 26.7. The van der Waals surface area contributed by atoms with E-state index in [0.717, 1.165) is 72.7 Å². The Kier molecular flexibility index (Phi) is 6.46. The SMILES string of the molecule is Nc1ncccc1-c1nc2ccc(-c3ccccc3)nc2n1-c1ccc(CN2CCN(c3ncnc(Cl)n3)C3(CC3)C2)cc1. The first-order valence-corrected chi connectivity index (χ1v) is 15.0. The summed E-state index contributed by atoms with van der Waals surface area (Å²) in [4.78, 5) is 31.9. The molecule has 0 amide bonds. The molecule has 0 unspecified atom stereocenters. The van der Waals surface area contributed by atoms with Gasteiger partial charge in [0.25, 0.3) is 0 Å². The number of nitrogen functional groups attached to an aromatic ring is 1. The number of halogens is 1. The summed E-state index contributed by atoms with van der Waals surface area (Å²) in [6.45, 7) is 3.58. The average Bonchev–Trinajstić information content (AvgIpc) is 3.70. The summed E-state index contributed by atoms with van der Waals surface area (Å²) < 4.78 is 2.08. The van der Waals surface area contributed by atoms with Crippen molar-refractivity contribution in [2.24, 2.45) is 0 Å². The highest BCUT2D eigenvalue weighted by Gasteiger charge is 2.52. The third-order valence-corrected chi connectivity index (χ3v) is 8.76. The second-order valence-electron chi connectivity index (χ2n) is 11.4. The number of pyridine rings is 2. The zero-order valence-corrected chi connectivity index (χ0v) is 24.6. The molecule has 2 aliphatic rings. The molecule has 1 aliphatic heterocycles. The number of benzene rings is 2. The van der Waals surface area contributed by atoms with E-state index in [1.807, 2.05) is 42.5 Å². The van der Waals surface area contributed by atoms with Gasteiger partial charge < -0.3 is 10.6 Å². The Labute approximate surface area is 259 Å². The fraction of sp³-hybridized carbons (Fsp3) is 0.212. The van der Waals surface area contributed by atoms with E-state index in [4.69, 9.17) is 27.3 Å². The van der Waals surface area contributed by atoms with Crippen LogP contribution < -0.4 is 10.6 Å². The van der Waals surface area contributed by atoms with Gasteiger partial charge in [0.1, 0.15) is 17.7 Å². The van der Waals surface area contributed by atoms with Crippen molar-refractivity contribution >= 4 is 34.5 Å². The quantitative estimate of drug-likeness (QED) is 0.267. The molecule has 44 heavy (non-hydrogen) atoms. The summed E-state index contributed by atoms with van der Waals surface area (Å²) in [5.74, 6) is 1.81. The second-order valence-corrected chi connectivity index (χ2v) is 11.8. The second kappa shape index (κ2) is 10.7. The number of hydrogen-bond acceptors (Lipinski definition) is 9. The van der Waals surface area contributed by atoms with E-state index < -0.39 is 0 Å². The summed E-state index contributed by atoms with van der Waals surface area (Å²) >= 11 is 6.07. The van der Waals surface area contributed by atoms with Gasteiger partial charge in [-0.15, -0.1) is 0 Å². The molecule has 1 saturated heterocycles. The summed E-state index contributed by atoms with van der Waals surface area (Å²) in [5.41, 5.74) is 12.9. The number of rotatable bonds is 6. The van der Waals surface area contributed by atoms with Crippen molar-refractivity contribution in [2.75, 3.05) is 30.3 Å². The molecule has 8 rings (SSSR count). The molecule has 2 fully saturated rings. The number of aromatic nitrogens is 7. The van der Waals surface area contributed by atoms with Crippen molar-refractivity contribution in [3.63, 3.8) is 0 Å². The molecule has 0 bridgehead atoms. The zero-order valence-electron chi connectivity index (χ0n) is 23.9. The molecule has 11 heteroatoms. The van der Waals surface area contributed by atoms with Crippen molar-refractivity contribution in [1.29, 1.82) is 0 Å². The molecular formula is C33H29ClN10. The van der Waals surface area contributed by atoms with Crippen LogP contribution in [0, 0.1) is 0 Å². The maximum atomic E-state index is 6.34. The van der Waals surface area contributed by atoms with Crippen molar-refractivity contribution in [2.45, 2.75) is 24.9 Å². The minimum atomic E-state index is 0.0687. The van der Waals surface area contributed by atoms with Gasteiger partial charge in [0.05, 0.1) is 16.8 Å². The van der Waals surface area contributed by atoms with Gasteiger partial charge in [-0.1, -0.05) is 42.5 Å². The molecule has 0 atom stereocenters. The zero-order chi connectivity index (χ0) is 29.7. The third-order valence-electron chi connectivity index (χ3n) is 8.58. The highest BCUT2D eigenvalue weighted by molar-refractivity contribution is 6.28. The van der Waals surface area contributed by atoms with Gasteiger partial charge in [0.15, 0.2) is 11.5 Å². The summed E-state index contributed by atoms with van der Waals surface area (Å²) in [7, 11) is 0. The third kappa shape index (κ3) is 4.82. The molecule has 10 nitrogen and oxygen atoms in total. The molecule has 1 spiro atoms. The van der Waals surface area contributed by atoms with Crippen molar-refractivity contribution < 1.29 is 0 Å². The lowest BCUT2D eigenvalue weighted by Crippen LogP contribution is -2.55. The molecule has 2 aromatic carbocycles. The van der Waals surface area contributed by atoms with Crippen LogP contribution in [0.4, 0.5) is 11.8 Å². The topological polar surface area (TPSA) is 115 Å². The Morgan fingerprint density at radius 1 is 0.818 bits per heavy atom. The first kappa shape index (κ1) is 26.7. The van der Waals surface area contributed by atoms with Crippen molar-refractivity contribution in [3.05, 3.63) is 102 Å². The normalized spacial score (nSPS) is 16.1. The number of hydrogen-bond donors (Lipinski definition) is 1. The van der Waals surface area contributed by atoms with Crippen LogP contribution in [0.25, 0.3) is 39.5 Å². The van der Waals surface area contributed by atoms with Crippen LogP contribution in [0.5, 0.6) is 0 Å². The van der Waals surface area contributed by atoms with Crippen LogP contribution in [-0.2, 0) is 6.54 Å². The maximum absolute atomic E-state index is 6.34. The molecule has 4 aromatic heterocycles. The smallest absolute Gasteiger partial charge is 0.230 e. The molecule has 0 radical (unpaired) electrons. The number of fused-ring (bicyclic) bond motifs is 1. The highest BCUT2D eigenvalue weighted by Crippen LogP contribution is 2.45. The number of nitrogens with two attached hydrogens (primary N) is 1. The predicted molar refractivity (Wildman–Crippen MR) is 171 cm³/mol. The van der Waals surface area contributed by atoms with Gasteiger partial charge in [-0.2, -0.15) is 4.98 Å². The monoisotopic (exact) mass is 600 g/mol. The first-order valence-electron chi connectivity index (χ1n) is 14.7. The Hall–Kier alpha value is -4.93. The lowest BCUT2D eigenvalue weighted by molar-refractivity contribution is 0.204. The van der Waals surface area contributed by atoms with Gasteiger partial charge >= 0.3 is 0 Å². The molecule has 218 valence electrons. The van der Waals surface area contributed by atoms with Crippen LogP contribution in [0.2, 0.25) is 5.28 Å². The predicted octanol–water partition coefficient (Wildman–Crippen LogP) is 5.42. The van der Waals surface area contributed by atoms with Crippen LogP contribution in [0.1, 0.15) is 18.4 Å². The van der Waals surface area contributed by atoms with E-state index in [0.29, 0.717) is 17.6 Å². The molecular weight excluding hydrogens is 572 g/mol. The van der Waals surface area contributed by atoms with E-state index in [2.05, 4.69) is 70.7 Å². The van der Waals surface area contributed by atoms with Crippen molar-refractivity contribution in [1.82, 2.24) is 39.4 Å². The molecule has 1 aliphatic carbocycles. The van der Waals surface area contributed by atoms with E-state index in [-0.39, 0.29) is 10.8 Å². The lowest BCUT2D eigenvalue weighted by atomic mass is 10.1. The van der Waals surface area contributed by atoms with Gasteiger partial charge in [0, 0.05) is 43.6 Å². The minimum Gasteiger partial charge on any atom is -0.383 e. The summed E-state index contributed by atoms with van der Waals surface area (Å²) in [6.07, 6.45) is 5.43. The van der Waals surface area contributed by atoms with E-state index in [9.17, 15) is 0 Å². The fourth-order valence-electron chi connectivity index (χ4n) is 6.24. The Morgan fingerprint density at radius 2 is 1.66 bits per heavy atom. The average molecular weight is 601 g/mol. The molecule has 5 heterocycles. The molecule has 1 saturated carbocycles. The van der Waals surface area contributed by atoms with E-state index in [1.165, 1.54) is 11.9 Å². The van der Waals surface area contributed by atoms with Gasteiger partial charge in [-0.05, 0) is 66.4 Å². The lowest BCUT2D eigenvalue weighted by Gasteiger charge is -2.42. The number of imidazole rings is 1. The number of piperazine rings is 1.